The summed E-state index contributed by atoms with van der Waals surface area (Å²) < 4.78 is 5.90. The molecule has 1 heterocycles. The van der Waals surface area contributed by atoms with E-state index in [2.05, 4.69) is 26.1 Å². The molecule has 0 spiro atoms. The van der Waals surface area contributed by atoms with Crippen LogP contribution in [0.25, 0.3) is 11.3 Å². The van der Waals surface area contributed by atoms with Crippen molar-refractivity contribution in [2.45, 2.75) is 0 Å². The van der Waals surface area contributed by atoms with Gasteiger partial charge in [0.15, 0.2) is 0 Å². The molecule has 0 saturated carbocycles. The van der Waals surface area contributed by atoms with Crippen LogP contribution in [0.15, 0.2) is 34.8 Å². The van der Waals surface area contributed by atoms with Gasteiger partial charge in [-0.15, -0.1) is 10.2 Å². The summed E-state index contributed by atoms with van der Waals surface area (Å²) in [6.07, 6.45) is 0. The van der Waals surface area contributed by atoms with Gasteiger partial charge in [0.1, 0.15) is 5.02 Å². The first-order chi connectivity index (χ1) is 7.72. The Morgan fingerprint density at radius 3 is 2.62 bits per heavy atom. The highest BCUT2D eigenvalue weighted by Gasteiger charge is 2.08. The maximum Gasteiger partial charge on any atom is 0.252 e. The third-order valence-electron chi connectivity index (χ3n) is 2.06. The number of halogens is 2. The van der Waals surface area contributed by atoms with E-state index in [-0.39, 0.29) is 0 Å². The number of aromatic nitrogens is 2. The van der Waals surface area contributed by atoms with E-state index in [1.54, 1.807) is 6.07 Å². The van der Waals surface area contributed by atoms with Crippen LogP contribution in [0.5, 0.6) is 5.88 Å². The van der Waals surface area contributed by atoms with E-state index >= 15 is 0 Å². The second-order valence-electron chi connectivity index (χ2n) is 3.07. The maximum absolute atomic E-state index is 5.99. The van der Waals surface area contributed by atoms with Gasteiger partial charge in [-0.05, 0) is 12.1 Å². The van der Waals surface area contributed by atoms with Crippen LogP contribution in [0, 0.1) is 0 Å². The lowest BCUT2D eigenvalue weighted by atomic mass is 10.1. The number of hydrogen-bond acceptors (Lipinski definition) is 3. The molecule has 0 atom stereocenters. The Hall–Kier alpha value is -1.13. The lowest BCUT2D eigenvalue weighted by Crippen LogP contribution is -1.94. The fourth-order valence-corrected chi connectivity index (χ4v) is 2.00. The van der Waals surface area contributed by atoms with Gasteiger partial charge in [0, 0.05) is 10.0 Å². The molecule has 0 aliphatic carbocycles. The number of benzene rings is 1. The van der Waals surface area contributed by atoms with Crippen LogP contribution >= 0.6 is 27.5 Å². The summed E-state index contributed by atoms with van der Waals surface area (Å²) in [4.78, 5) is 0. The van der Waals surface area contributed by atoms with Gasteiger partial charge in [-0.2, -0.15) is 0 Å². The average molecular weight is 300 g/mol. The molecule has 0 bridgehead atoms. The van der Waals surface area contributed by atoms with Crippen molar-refractivity contribution in [3.8, 4) is 17.1 Å². The number of methoxy groups -OCH3 is 1. The SMILES string of the molecule is COc1nnc(-c2ccccc2Br)cc1Cl. The molecule has 0 fully saturated rings. The van der Waals surface area contributed by atoms with Gasteiger partial charge >= 0.3 is 0 Å². The van der Waals surface area contributed by atoms with Gasteiger partial charge in [0.05, 0.1) is 12.8 Å². The lowest BCUT2D eigenvalue weighted by Gasteiger charge is -2.05. The van der Waals surface area contributed by atoms with Crippen molar-refractivity contribution in [1.29, 1.82) is 0 Å². The van der Waals surface area contributed by atoms with Crippen molar-refractivity contribution >= 4 is 27.5 Å². The van der Waals surface area contributed by atoms with Gasteiger partial charge in [-0.3, -0.25) is 0 Å². The Morgan fingerprint density at radius 2 is 2.00 bits per heavy atom. The quantitative estimate of drug-likeness (QED) is 0.850. The largest absolute Gasteiger partial charge is 0.479 e. The summed E-state index contributed by atoms with van der Waals surface area (Å²) in [5, 5.41) is 8.39. The Labute approximate surface area is 107 Å². The zero-order valence-corrected chi connectivity index (χ0v) is 10.8. The minimum atomic E-state index is 0.331. The smallest absolute Gasteiger partial charge is 0.252 e. The van der Waals surface area contributed by atoms with E-state index in [4.69, 9.17) is 16.3 Å². The van der Waals surface area contributed by atoms with Crippen molar-refractivity contribution in [3.05, 3.63) is 39.8 Å². The molecule has 16 heavy (non-hydrogen) atoms. The second kappa shape index (κ2) is 4.80. The maximum atomic E-state index is 5.99. The first-order valence-corrected chi connectivity index (χ1v) is 5.71. The molecule has 82 valence electrons. The molecule has 0 radical (unpaired) electrons. The highest BCUT2D eigenvalue weighted by atomic mass is 79.9. The van der Waals surface area contributed by atoms with Crippen molar-refractivity contribution < 1.29 is 4.74 Å². The first kappa shape index (κ1) is 11.4. The molecule has 0 aliphatic rings. The van der Waals surface area contributed by atoms with Gasteiger partial charge < -0.3 is 4.74 Å². The highest BCUT2D eigenvalue weighted by molar-refractivity contribution is 9.10. The lowest BCUT2D eigenvalue weighted by molar-refractivity contribution is 0.392. The Balaban J connectivity index is 2.50. The van der Waals surface area contributed by atoms with E-state index in [1.807, 2.05) is 24.3 Å². The standard InChI is InChI=1S/C11H8BrClN2O/c1-16-11-9(13)6-10(14-15-11)7-4-2-3-5-8(7)12/h2-6H,1H3. The van der Waals surface area contributed by atoms with Gasteiger partial charge in [-0.1, -0.05) is 45.7 Å². The number of nitrogens with zero attached hydrogens (tertiary/aromatic N) is 2. The molecule has 0 aliphatic heterocycles. The first-order valence-electron chi connectivity index (χ1n) is 4.54. The van der Waals surface area contributed by atoms with E-state index < -0.39 is 0 Å². The van der Waals surface area contributed by atoms with E-state index in [9.17, 15) is 0 Å². The van der Waals surface area contributed by atoms with Crippen LogP contribution in [-0.4, -0.2) is 17.3 Å². The molecule has 2 aromatic rings. The van der Waals surface area contributed by atoms with E-state index in [0.29, 0.717) is 16.6 Å². The Bertz CT molecular complexity index is 519. The summed E-state index contributed by atoms with van der Waals surface area (Å²) in [7, 11) is 1.51. The van der Waals surface area contributed by atoms with Crippen LogP contribution in [-0.2, 0) is 0 Å². The average Bonchev–Trinajstić information content (AvgIpc) is 2.29. The zero-order valence-electron chi connectivity index (χ0n) is 8.45. The van der Waals surface area contributed by atoms with Crippen LogP contribution in [0.1, 0.15) is 0 Å². The molecular formula is C11H8BrClN2O. The number of hydrogen-bond donors (Lipinski definition) is 0. The summed E-state index contributed by atoms with van der Waals surface area (Å²) in [5.74, 6) is 0.331. The second-order valence-corrected chi connectivity index (χ2v) is 4.33. The molecule has 5 heteroatoms. The molecule has 1 aromatic heterocycles. The minimum absolute atomic E-state index is 0.331. The molecular weight excluding hydrogens is 291 g/mol. The van der Waals surface area contributed by atoms with Crippen molar-refractivity contribution in [3.63, 3.8) is 0 Å². The monoisotopic (exact) mass is 298 g/mol. The van der Waals surface area contributed by atoms with Crippen LogP contribution in [0.4, 0.5) is 0 Å². The number of rotatable bonds is 2. The van der Waals surface area contributed by atoms with Crippen LogP contribution in [0.3, 0.4) is 0 Å². The highest BCUT2D eigenvalue weighted by Crippen LogP contribution is 2.30. The molecule has 1 aromatic carbocycles. The summed E-state index contributed by atoms with van der Waals surface area (Å²) in [6, 6.07) is 9.48. The summed E-state index contributed by atoms with van der Waals surface area (Å²) >= 11 is 9.44. The third-order valence-corrected chi connectivity index (χ3v) is 3.02. The van der Waals surface area contributed by atoms with Gasteiger partial charge in [-0.25, -0.2) is 0 Å². The molecule has 0 N–H and O–H groups in total. The Kier molecular flexibility index (Phi) is 3.41. The topological polar surface area (TPSA) is 35.0 Å². The van der Waals surface area contributed by atoms with Crippen molar-refractivity contribution in [1.82, 2.24) is 10.2 Å². The molecule has 0 amide bonds. The molecule has 0 saturated heterocycles. The van der Waals surface area contributed by atoms with Crippen LogP contribution in [0.2, 0.25) is 5.02 Å². The predicted octanol–water partition coefficient (Wildman–Crippen LogP) is 3.57. The number of ether oxygens (including phenoxy) is 1. The fourth-order valence-electron chi connectivity index (χ4n) is 1.30. The molecule has 0 unspecified atom stereocenters. The zero-order chi connectivity index (χ0) is 11.5. The summed E-state index contributed by atoms with van der Waals surface area (Å²) in [6.45, 7) is 0. The molecule has 3 nitrogen and oxygen atoms in total. The van der Waals surface area contributed by atoms with E-state index in [0.717, 1.165) is 10.0 Å². The Morgan fingerprint density at radius 1 is 1.25 bits per heavy atom. The fraction of sp³-hybridized carbons (Fsp3) is 0.0909. The normalized spacial score (nSPS) is 10.2. The third kappa shape index (κ3) is 2.18. The predicted molar refractivity (Wildman–Crippen MR) is 66.7 cm³/mol. The minimum Gasteiger partial charge on any atom is -0.479 e. The van der Waals surface area contributed by atoms with Gasteiger partial charge in [0.2, 0.25) is 0 Å². The van der Waals surface area contributed by atoms with Gasteiger partial charge in [0.25, 0.3) is 5.88 Å². The molecule has 2 rings (SSSR count). The van der Waals surface area contributed by atoms with E-state index in [1.165, 1.54) is 7.11 Å². The summed E-state index contributed by atoms with van der Waals surface area (Å²) in [5.41, 5.74) is 1.65. The van der Waals surface area contributed by atoms with Crippen LogP contribution < -0.4 is 4.74 Å². The van der Waals surface area contributed by atoms with Crippen molar-refractivity contribution in [2.75, 3.05) is 7.11 Å². The van der Waals surface area contributed by atoms with Crippen molar-refractivity contribution in [2.24, 2.45) is 0 Å².